The summed E-state index contributed by atoms with van der Waals surface area (Å²) in [7, 11) is 1.68. The van der Waals surface area contributed by atoms with Crippen molar-refractivity contribution in [3.63, 3.8) is 0 Å². The molecular weight excluding hydrogens is 186 g/mol. The minimum atomic E-state index is 0.882. The van der Waals surface area contributed by atoms with E-state index in [9.17, 15) is 0 Å². The summed E-state index contributed by atoms with van der Waals surface area (Å²) >= 11 is 0. The molecule has 1 heterocycles. The van der Waals surface area contributed by atoms with Crippen molar-refractivity contribution in [3.8, 4) is 17.0 Å². The molecule has 0 saturated carbocycles. The fraction of sp³-hybridized carbons (Fsp3) is 0.154. The summed E-state index contributed by atoms with van der Waals surface area (Å²) in [5.41, 5.74) is 3.32. The van der Waals surface area contributed by atoms with Crippen molar-refractivity contribution < 1.29 is 4.74 Å². The molecule has 76 valence electrons. The predicted octanol–water partition coefficient (Wildman–Crippen LogP) is 3.07. The van der Waals surface area contributed by atoms with Crippen molar-refractivity contribution in [1.29, 1.82) is 0 Å². The van der Waals surface area contributed by atoms with Crippen molar-refractivity contribution in [2.75, 3.05) is 7.11 Å². The topological polar surface area (TPSA) is 22.1 Å². The minimum absolute atomic E-state index is 0.882. The van der Waals surface area contributed by atoms with E-state index in [1.807, 2.05) is 36.4 Å². The second-order valence-electron chi connectivity index (χ2n) is 3.40. The lowest BCUT2D eigenvalue weighted by Crippen LogP contribution is -1.88. The number of hydrogen-bond acceptors (Lipinski definition) is 2. The Bertz CT molecular complexity index is 451. The lowest BCUT2D eigenvalue weighted by atomic mass is 10.1. The lowest BCUT2D eigenvalue weighted by molar-refractivity contribution is 0.414. The third-order valence-electron chi connectivity index (χ3n) is 2.37. The van der Waals surface area contributed by atoms with Gasteiger partial charge < -0.3 is 4.74 Å². The number of nitrogens with zero attached hydrogens (tertiary/aromatic N) is 1. The highest BCUT2D eigenvalue weighted by molar-refractivity contribution is 5.64. The van der Waals surface area contributed by atoms with E-state index in [1.54, 1.807) is 13.3 Å². The van der Waals surface area contributed by atoms with Crippen molar-refractivity contribution >= 4 is 0 Å². The Kier molecular flexibility index (Phi) is 2.68. The normalized spacial score (nSPS) is 10.0. The van der Waals surface area contributed by atoms with E-state index in [0.717, 1.165) is 17.0 Å². The number of aromatic nitrogens is 1. The molecule has 0 bridgehead atoms. The Morgan fingerprint density at radius 3 is 2.60 bits per heavy atom. The number of ether oxygens (including phenoxy) is 1. The standard InChI is InChI=1S/C13H13NO/c1-10-9-11(15-2)6-7-12(10)13-5-3-4-8-14-13/h3-9H,1-2H3. The number of methoxy groups -OCH3 is 1. The van der Waals surface area contributed by atoms with Gasteiger partial charge in [0.15, 0.2) is 0 Å². The number of aryl methyl sites for hydroxylation is 1. The third-order valence-corrected chi connectivity index (χ3v) is 2.37. The van der Waals surface area contributed by atoms with Gasteiger partial charge in [0.1, 0.15) is 5.75 Å². The first-order chi connectivity index (χ1) is 7.31. The maximum atomic E-state index is 5.17. The molecule has 0 aliphatic heterocycles. The zero-order valence-corrected chi connectivity index (χ0v) is 8.90. The molecule has 1 aromatic heterocycles. The molecule has 2 aromatic rings. The number of pyridine rings is 1. The highest BCUT2D eigenvalue weighted by atomic mass is 16.5. The van der Waals surface area contributed by atoms with Crippen LogP contribution in [0.2, 0.25) is 0 Å². The molecule has 0 spiro atoms. The molecule has 0 aliphatic carbocycles. The Morgan fingerprint density at radius 2 is 2.00 bits per heavy atom. The maximum Gasteiger partial charge on any atom is 0.119 e. The van der Waals surface area contributed by atoms with Gasteiger partial charge >= 0.3 is 0 Å². The summed E-state index contributed by atoms with van der Waals surface area (Å²) in [6.45, 7) is 2.06. The molecule has 0 saturated heterocycles. The van der Waals surface area contributed by atoms with Gasteiger partial charge in [-0.1, -0.05) is 6.07 Å². The molecule has 0 aliphatic rings. The van der Waals surface area contributed by atoms with Gasteiger partial charge in [-0.2, -0.15) is 0 Å². The number of benzene rings is 1. The van der Waals surface area contributed by atoms with Gasteiger partial charge in [0.25, 0.3) is 0 Å². The molecule has 0 amide bonds. The molecule has 15 heavy (non-hydrogen) atoms. The molecular formula is C13H13NO. The van der Waals surface area contributed by atoms with E-state index in [-0.39, 0.29) is 0 Å². The van der Waals surface area contributed by atoms with E-state index in [4.69, 9.17) is 4.74 Å². The number of rotatable bonds is 2. The monoisotopic (exact) mass is 199 g/mol. The van der Waals surface area contributed by atoms with Crippen molar-refractivity contribution in [2.24, 2.45) is 0 Å². The van der Waals surface area contributed by atoms with E-state index in [2.05, 4.69) is 11.9 Å². The van der Waals surface area contributed by atoms with Crippen LogP contribution in [0.4, 0.5) is 0 Å². The van der Waals surface area contributed by atoms with E-state index in [1.165, 1.54) is 5.56 Å². The van der Waals surface area contributed by atoms with Crippen molar-refractivity contribution in [1.82, 2.24) is 4.98 Å². The first kappa shape index (κ1) is 9.71. The fourth-order valence-corrected chi connectivity index (χ4v) is 1.57. The van der Waals surface area contributed by atoms with Crippen LogP contribution in [-0.2, 0) is 0 Å². The van der Waals surface area contributed by atoms with Gasteiger partial charge in [0, 0.05) is 11.8 Å². The van der Waals surface area contributed by atoms with Crippen LogP contribution >= 0.6 is 0 Å². The van der Waals surface area contributed by atoms with Crippen LogP contribution in [0.5, 0.6) is 5.75 Å². The van der Waals surface area contributed by atoms with Crippen molar-refractivity contribution in [2.45, 2.75) is 6.92 Å². The predicted molar refractivity (Wildman–Crippen MR) is 61.0 cm³/mol. The molecule has 0 N–H and O–H groups in total. The summed E-state index contributed by atoms with van der Waals surface area (Å²) < 4.78 is 5.17. The zero-order chi connectivity index (χ0) is 10.7. The van der Waals surface area contributed by atoms with Crippen LogP contribution in [0.3, 0.4) is 0 Å². The zero-order valence-electron chi connectivity index (χ0n) is 8.90. The summed E-state index contributed by atoms with van der Waals surface area (Å²) in [5.74, 6) is 0.882. The second-order valence-corrected chi connectivity index (χ2v) is 3.40. The van der Waals surface area contributed by atoms with Crippen LogP contribution in [0, 0.1) is 6.92 Å². The molecule has 1 aromatic carbocycles. The van der Waals surface area contributed by atoms with Gasteiger partial charge in [-0.15, -0.1) is 0 Å². The maximum absolute atomic E-state index is 5.17. The minimum Gasteiger partial charge on any atom is -0.497 e. The van der Waals surface area contributed by atoms with Gasteiger partial charge in [-0.25, -0.2) is 0 Å². The van der Waals surface area contributed by atoms with Crippen molar-refractivity contribution in [3.05, 3.63) is 48.2 Å². The van der Waals surface area contributed by atoms with Gasteiger partial charge in [0.05, 0.1) is 12.8 Å². The largest absolute Gasteiger partial charge is 0.497 e. The van der Waals surface area contributed by atoms with Gasteiger partial charge in [-0.05, 0) is 42.8 Å². The fourth-order valence-electron chi connectivity index (χ4n) is 1.57. The Hall–Kier alpha value is -1.83. The summed E-state index contributed by atoms with van der Waals surface area (Å²) in [5, 5.41) is 0. The van der Waals surface area contributed by atoms with Crippen LogP contribution in [0.1, 0.15) is 5.56 Å². The quantitative estimate of drug-likeness (QED) is 0.741. The Balaban J connectivity index is 2.46. The highest BCUT2D eigenvalue weighted by Crippen LogP contribution is 2.24. The molecule has 0 radical (unpaired) electrons. The molecule has 2 rings (SSSR count). The number of hydrogen-bond donors (Lipinski definition) is 0. The highest BCUT2D eigenvalue weighted by Gasteiger charge is 2.03. The molecule has 0 fully saturated rings. The SMILES string of the molecule is COc1ccc(-c2ccccn2)c(C)c1. The van der Waals surface area contributed by atoms with Gasteiger partial charge in [-0.3, -0.25) is 4.98 Å². The average molecular weight is 199 g/mol. The Labute approximate surface area is 89.6 Å². The summed E-state index contributed by atoms with van der Waals surface area (Å²) in [6, 6.07) is 11.9. The molecule has 2 heteroatoms. The Morgan fingerprint density at radius 1 is 1.13 bits per heavy atom. The first-order valence-electron chi connectivity index (χ1n) is 4.87. The second kappa shape index (κ2) is 4.13. The molecule has 0 unspecified atom stereocenters. The lowest BCUT2D eigenvalue weighted by Gasteiger charge is -2.07. The summed E-state index contributed by atoms with van der Waals surface area (Å²) in [6.07, 6.45) is 1.80. The molecule has 2 nitrogen and oxygen atoms in total. The van der Waals surface area contributed by atoms with Gasteiger partial charge in [0.2, 0.25) is 0 Å². The first-order valence-corrected chi connectivity index (χ1v) is 4.87. The van der Waals surface area contributed by atoms with Crippen LogP contribution in [-0.4, -0.2) is 12.1 Å². The average Bonchev–Trinajstić information content (AvgIpc) is 2.30. The molecule has 0 atom stereocenters. The third kappa shape index (κ3) is 1.99. The van der Waals surface area contributed by atoms with Crippen LogP contribution < -0.4 is 4.74 Å². The summed E-state index contributed by atoms with van der Waals surface area (Å²) in [4.78, 5) is 4.32. The van der Waals surface area contributed by atoms with E-state index >= 15 is 0 Å². The van der Waals surface area contributed by atoms with E-state index < -0.39 is 0 Å². The van der Waals surface area contributed by atoms with E-state index in [0.29, 0.717) is 0 Å². The van der Waals surface area contributed by atoms with Crippen LogP contribution in [0.15, 0.2) is 42.6 Å². The van der Waals surface area contributed by atoms with Crippen LogP contribution in [0.25, 0.3) is 11.3 Å². The smallest absolute Gasteiger partial charge is 0.119 e.